The molecule has 0 aromatic heterocycles. The van der Waals surface area contributed by atoms with Crippen LogP contribution in [0.1, 0.15) is 41.6 Å². The number of likely N-dealkylation sites (tertiary alicyclic amines) is 1. The van der Waals surface area contributed by atoms with E-state index in [0.717, 1.165) is 12.0 Å². The van der Waals surface area contributed by atoms with Crippen LogP contribution >= 0.6 is 0 Å². The number of carbonyl (C=O) groups excluding carboxylic acids is 1. The first-order chi connectivity index (χ1) is 12.0. The number of carbonyl (C=O) groups is 2. The van der Waals surface area contributed by atoms with Crippen LogP contribution in [0.15, 0.2) is 24.3 Å². The van der Waals surface area contributed by atoms with E-state index in [9.17, 15) is 14.7 Å². The molecule has 6 heteroatoms. The first-order valence-corrected chi connectivity index (χ1v) is 8.89. The van der Waals surface area contributed by atoms with Gasteiger partial charge in [0, 0.05) is 37.6 Å². The Kier molecular flexibility index (Phi) is 5.39. The molecule has 1 aromatic carbocycles. The number of aliphatic carboxylic acids is 1. The summed E-state index contributed by atoms with van der Waals surface area (Å²) in [6, 6.07) is 7.19. The largest absolute Gasteiger partial charge is 0.481 e. The number of carboxylic acid groups (broad SMARTS) is 1. The lowest BCUT2D eigenvalue weighted by atomic mass is 9.79. The van der Waals surface area contributed by atoms with Gasteiger partial charge in [-0.2, -0.15) is 0 Å². The van der Waals surface area contributed by atoms with Gasteiger partial charge in [0.2, 0.25) is 0 Å². The van der Waals surface area contributed by atoms with Gasteiger partial charge in [-0.05, 0) is 37.3 Å². The van der Waals surface area contributed by atoms with E-state index in [4.69, 9.17) is 9.84 Å². The molecule has 136 valence electrons. The number of carboxylic acids is 1. The van der Waals surface area contributed by atoms with E-state index in [1.165, 1.54) is 0 Å². The van der Waals surface area contributed by atoms with Gasteiger partial charge < -0.3 is 19.8 Å². The summed E-state index contributed by atoms with van der Waals surface area (Å²) in [6.45, 7) is 2.33. The van der Waals surface area contributed by atoms with Crippen LogP contribution in [0.5, 0.6) is 0 Å². The minimum absolute atomic E-state index is 0.00568. The van der Waals surface area contributed by atoms with Crippen LogP contribution in [0.25, 0.3) is 0 Å². The van der Waals surface area contributed by atoms with Crippen molar-refractivity contribution in [2.45, 2.75) is 37.7 Å². The quantitative estimate of drug-likeness (QED) is 0.847. The van der Waals surface area contributed by atoms with Gasteiger partial charge in [-0.3, -0.25) is 9.59 Å². The molecule has 1 aromatic rings. The van der Waals surface area contributed by atoms with Gasteiger partial charge in [-0.25, -0.2) is 0 Å². The van der Waals surface area contributed by atoms with E-state index >= 15 is 0 Å². The second-order valence-corrected chi connectivity index (χ2v) is 7.01. The molecule has 2 fully saturated rings. The molecular formula is C19H25NO5. The summed E-state index contributed by atoms with van der Waals surface area (Å²) in [5.41, 5.74) is 0.592. The third kappa shape index (κ3) is 4.02. The second kappa shape index (κ2) is 7.54. The van der Waals surface area contributed by atoms with Crippen LogP contribution in [-0.4, -0.2) is 58.9 Å². The summed E-state index contributed by atoms with van der Waals surface area (Å²) in [4.78, 5) is 25.5. The van der Waals surface area contributed by atoms with Gasteiger partial charge in [0.25, 0.3) is 5.91 Å². The number of benzene rings is 1. The van der Waals surface area contributed by atoms with Gasteiger partial charge >= 0.3 is 5.97 Å². The Hall–Kier alpha value is -1.92. The summed E-state index contributed by atoms with van der Waals surface area (Å²) >= 11 is 0. The Morgan fingerprint density at radius 3 is 2.60 bits per heavy atom. The smallest absolute Gasteiger partial charge is 0.303 e. The standard InChI is InChI=1S/C19H25NO5/c21-17(22)6-5-14-3-1-2-4-16(14)18(23)20-10-8-19(24,9-11-20)15-7-12-25-13-15/h1-4,15,24H,5-13H2,(H,21,22). The van der Waals surface area contributed by atoms with E-state index in [1.807, 2.05) is 12.1 Å². The molecule has 0 bridgehead atoms. The predicted octanol–water partition coefficient (Wildman–Crippen LogP) is 1.71. The molecule has 3 rings (SSSR count). The van der Waals surface area contributed by atoms with Crippen LogP contribution in [0, 0.1) is 5.92 Å². The normalized spacial score (nSPS) is 22.8. The molecular weight excluding hydrogens is 322 g/mol. The maximum atomic E-state index is 12.9. The highest BCUT2D eigenvalue weighted by atomic mass is 16.5. The van der Waals surface area contributed by atoms with Crippen molar-refractivity contribution in [2.24, 2.45) is 5.92 Å². The fourth-order valence-corrected chi connectivity index (χ4v) is 3.82. The maximum Gasteiger partial charge on any atom is 0.303 e. The first-order valence-electron chi connectivity index (χ1n) is 8.89. The highest BCUT2D eigenvalue weighted by Gasteiger charge is 2.42. The van der Waals surface area contributed by atoms with Crippen LogP contribution < -0.4 is 0 Å². The topological polar surface area (TPSA) is 87.1 Å². The molecule has 2 heterocycles. The summed E-state index contributed by atoms with van der Waals surface area (Å²) in [5, 5.41) is 19.7. The minimum Gasteiger partial charge on any atom is -0.481 e. The molecule has 6 nitrogen and oxygen atoms in total. The Labute approximate surface area is 147 Å². The number of aliphatic hydroxyl groups is 1. The number of aryl methyl sites for hydroxylation is 1. The van der Waals surface area contributed by atoms with Gasteiger partial charge in [0.05, 0.1) is 12.2 Å². The fraction of sp³-hybridized carbons (Fsp3) is 0.579. The Bertz CT molecular complexity index is 630. The first kappa shape index (κ1) is 17.9. The van der Waals surface area contributed by atoms with Gasteiger partial charge in [-0.15, -0.1) is 0 Å². The highest BCUT2D eigenvalue weighted by molar-refractivity contribution is 5.95. The minimum atomic E-state index is -0.871. The van der Waals surface area contributed by atoms with Crippen molar-refractivity contribution in [1.29, 1.82) is 0 Å². The van der Waals surface area contributed by atoms with E-state index in [2.05, 4.69) is 0 Å². The number of amides is 1. The average Bonchev–Trinajstić information content (AvgIpc) is 3.16. The van der Waals surface area contributed by atoms with Crippen molar-refractivity contribution >= 4 is 11.9 Å². The average molecular weight is 347 g/mol. The van der Waals surface area contributed by atoms with E-state index in [0.29, 0.717) is 51.1 Å². The lowest BCUT2D eigenvalue weighted by molar-refractivity contribution is -0.136. The summed E-state index contributed by atoms with van der Waals surface area (Å²) in [6.07, 6.45) is 2.34. The molecule has 2 N–H and O–H groups in total. The number of hydrogen-bond acceptors (Lipinski definition) is 4. The summed E-state index contributed by atoms with van der Waals surface area (Å²) in [5.74, 6) is -0.789. The zero-order valence-corrected chi connectivity index (χ0v) is 14.3. The van der Waals surface area contributed by atoms with Crippen molar-refractivity contribution in [3.05, 3.63) is 35.4 Å². The Morgan fingerprint density at radius 2 is 1.96 bits per heavy atom. The van der Waals surface area contributed by atoms with E-state index < -0.39 is 11.6 Å². The number of hydrogen-bond donors (Lipinski definition) is 2. The molecule has 2 aliphatic heterocycles. The molecule has 25 heavy (non-hydrogen) atoms. The van der Waals surface area contributed by atoms with Crippen molar-refractivity contribution in [2.75, 3.05) is 26.3 Å². The number of piperidine rings is 1. The molecule has 2 saturated heterocycles. The van der Waals surface area contributed by atoms with Crippen LogP contribution in [0.2, 0.25) is 0 Å². The summed E-state index contributed by atoms with van der Waals surface area (Å²) in [7, 11) is 0. The van der Waals surface area contributed by atoms with Crippen LogP contribution in [-0.2, 0) is 16.0 Å². The van der Waals surface area contributed by atoms with Crippen LogP contribution in [0.3, 0.4) is 0 Å². The van der Waals surface area contributed by atoms with Gasteiger partial charge in [0.15, 0.2) is 0 Å². The number of nitrogens with zero attached hydrogens (tertiary/aromatic N) is 1. The van der Waals surface area contributed by atoms with Crippen molar-refractivity contribution in [3.63, 3.8) is 0 Å². The van der Waals surface area contributed by atoms with Crippen LogP contribution in [0.4, 0.5) is 0 Å². The monoisotopic (exact) mass is 347 g/mol. The molecule has 1 atom stereocenters. The second-order valence-electron chi connectivity index (χ2n) is 7.01. The van der Waals surface area contributed by atoms with Crippen molar-refractivity contribution in [3.8, 4) is 0 Å². The Balaban J connectivity index is 1.65. The van der Waals surface area contributed by atoms with Crippen molar-refractivity contribution in [1.82, 2.24) is 4.90 Å². The zero-order valence-electron chi connectivity index (χ0n) is 14.3. The lowest BCUT2D eigenvalue weighted by Crippen LogP contribution is -2.50. The molecule has 0 saturated carbocycles. The molecule has 0 radical (unpaired) electrons. The lowest BCUT2D eigenvalue weighted by Gasteiger charge is -2.41. The van der Waals surface area contributed by atoms with Gasteiger partial charge in [-0.1, -0.05) is 18.2 Å². The highest BCUT2D eigenvalue weighted by Crippen LogP contribution is 2.35. The third-order valence-corrected chi connectivity index (χ3v) is 5.46. The number of ether oxygens (including phenoxy) is 1. The third-order valence-electron chi connectivity index (χ3n) is 5.46. The number of rotatable bonds is 5. The van der Waals surface area contributed by atoms with Gasteiger partial charge in [0.1, 0.15) is 0 Å². The maximum absolute atomic E-state index is 12.9. The van der Waals surface area contributed by atoms with E-state index in [-0.39, 0.29) is 18.2 Å². The van der Waals surface area contributed by atoms with E-state index in [1.54, 1.807) is 17.0 Å². The molecule has 0 spiro atoms. The molecule has 1 amide bonds. The Morgan fingerprint density at radius 1 is 1.24 bits per heavy atom. The molecule has 0 aliphatic carbocycles. The SMILES string of the molecule is O=C(O)CCc1ccccc1C(=O)N1CCC(O)(C2CCOC2)CC1. The predicted molar refractivity (Wildman–Crippen MR) is 91.4 cm³/mol. The molecule has 2 aliphatic rings. The van der Waals surface area contributed by atoms with Crippen molar-refractivity contribution < 1.29 is 24.5 Å². The molecule has 1 unspecified atom stereocenters. The zero-order chi connectivity index (χ0) is 17.9. The summed E-state index contributed by atoms with van der Waals surface area (Å²) < 4.78 is 5.39. The fourth-order valence-electron chi connectivity index (χ4n) is 3.82.